The van der Waals surface area contributed by atoms with E-state index in [1.807, 2.05) is 0 Å². The van der Waals surface area contributed by atoms with E-state index in [-0.39, 0.29) is 30.7 Å². The first kappa shape index (κ1) is 20.2. The van der Waals surface area contributed by atoms with E-state index >= 15 is 0 Å². The number of carbonyl (C=O) groups excluding carboxylic acids is 2. The molecule has 4 rings (SSSR count). The molecule has 0 bridgehead atoms. The van der Waals surface area contributed by atoms with E-state index < -0.39 is 35.7 Å². The summed E-state index contributed by atoms with van der Waals surface area (Å²) in [6, 6.07) is 2.03. The molecule has 0 spiro atoms. The summed E-state index contributed by atoms with van der Waals surface area (Å²) < 4.78 is 47.4. The van der Waals surface area contributed by atoms with Crippen molar-refractivity contribution in [1.29, 1.82) is 0 Å². The molecule has 1 aromatic carbocycles. The number of nitrogens with zero attached hydrogens (tertiary/aromatic N) is 4. The monoisotopic (exact) mass is 423 g/mol. The average molecular weight is 423 g/mol. The van der Waals surface area contributed by atoms with Gasteiger partial charge in [0, 0.05) is 37.7 Å². The molecule has 3 atom stereocenters. The second kappa shape index (κ2) is 7.63. The number of benzene rings is 1. The summed E-state index contributed by atoms with van der Waals surface area (Å²) in [4.78, 5) is 28.7. The zero-order chi connectivity index (χ0) is 21.6. The summed E-state index contributed by atoms with van der Waals surface area (Å²) in [5.74, 6) is -4.63. The zero-order valence-corrected chi connectivity index (χ0v) is 16.3. The number of carbonyl (C=O) groups is 2. The summed E-state index contributed by atoms with van der Waals surface area (Å²) in [5, 5.41) is 6.66. The Morgan fingerprint density at radius 3 is 2.57 bits per heavy atom. The minimum Gasteiger partial charge on any atom is -0.379 e. The zero-order valence-electron chi connectivity index (χ0n) is 16.3. The smallest absolute Gasteiger partial charge is 0.324 e. The van der Waals surface area contributed by atoms with Crippen LogP contribution in [0.4, 0.5) is 23.7 Å². The van der Waals surface area contributed by atoms with Gasteiger partial charge in [-0.2, -0.15) is 5.10 Å². The molecular weight excluding hydrogens is 403 g/mol. The van der Waals surface area contributed by atoms with Crippen molar-refractivity contribution in [2.45, 2.75) is 38.2 Å². The molecule has 0 aliphatic carbocycles. The Bertz CT molecular complexity index is 975. The lowest BCUT2D eigenvalue weighted by Gasteiger charge is -2.44. The molecule has 1 aromatic heterocycles. The number of ether oxygens (including phenoxy) is 1. The molecule has 11 heteroatoms. The van der Waals surface area contributed by atoms with Crippen LogP contribution in [0, 0.1) is 17.5 Å². The van der Waals surface area contributed by atoms with Crippen LogP contribution in [0.2, 0.25) is 0 Å². The molecule has 2 aliphatic heterocycles. The maximum absolute atomic E-state index is 13.6. The third-order valence-electron chi connectivity index (χ3n) is 5.41. The Morgan fingerprint density at radius 2 is 1.93 bits per heavy atom. The Labute approximate surface area is 170 Å². The highest BCUT2D eigenvalue weighted by atomic mass is 19.2. The number of aromatic nitrogens is 2. The summed E-state index contributed by atoms with van der Waals surface area (Å²) >= 11 is 0. The minimum absolute atomic E-state index is 0.180. The molecule has 2 aromatic rings. The van der Waals surface area contributed by atoms with E-state index in [2.05, 4.69) is 10.4 Å². The molecule has 1 N–H and O–H groups in total. The molecule has 3 heterocycles. The molecule has 3 amide bonds. The average Bonchev–Trinajstić information content (AvgIpc) is 3.30. The van der Waals surface area contributed by atoms with Crippen molar-refractivity contribution < 1.29 is 27.5 Å². The Kier molecular flexibility index (Phi) is 5.14. The number of halogens is 3. The van der Waals surface area contributed by atoms with Crippen molar-refractivity contribution in [1.82, 2.24) is 19.6 Å². The Morgan fingerprint density at radius 1 is 1.23 bits per heavy atom. The maximum Gasteiger partial charge on any atom is 0.324 e. The number of likely N-dealkylation sites (tertiary alicyclic amines) is 1. The number of hydrogen-bond acceptors (Lipinski definition) is 4. The van der Waals surface area contributed by atoms with Crippen LogP contribution in [0.25, 0.3) is 0 Å². The summed E-state index contributed by atoms with van der Waals surface area (Å²) in [7, 11) is 1.51. The van der Waals surface area contributed by atoms with Crippen LogP contribution in [0.1, 0.15) is 25.2 Å². The lowest BCUT2D eigenvalue weighted by atomic mass is 10.1. The van der Waals surface area contributed by atoms with Crippen LogP contribution in [0.15, 0.2) is 24.4 Å². The lowest BCUT2D eigenvalue weighted by molar-refractivity contribution is -0.134. The van der Waals surface area contributed by atoms with Gasteiger partial charge in [-0.15, -0.1) is 0 Å². The standard InChI is InChI=1S/C19H20F3N5O3/c1-10-8-26-15(3-4-23-26)18(25-9-12(30-2)7-16(25)28)27(10)19(29)24-11-5-13(20)17(22)14(21)6-11/h3-6,10,12,18H,7-9H2,1-2H3,(H,24,29)/t10?,12-,18?/m0/s1. The van der Waals surface area contributed by atoms with Gasteiger partial charge in [-0.3, -0.25) is 14.4 Å². The van der Waals surface area contributed by atoms with Gasteiger partial charge in [0.05, 0.1) is 30.8 Å². The molecule has 30 heavy (non-hydrogen) atoms. The molecule has 2 unspecified atom stereocenters. The highest BCUT2D eigenvalue weighted by Crippen LogP contribution is 2.35. The normalized spacial score (nSPS) is 23.6. The lowest BCUT2D eigenvalue weighted by Crippen LogP contribution is -2.55. The molecular formula is C19H20F3N5O3. The Balaban J connectivity index is 1.67. The second-order valence-corrected chi connectivity index (χ2v) is 7.36. The third-order valence-corrected chi connectivity index (χ3v) is 5.41. The van der Waals surface area contributed by atoms with Crippen molar-refractivity contribution >= 4 is 17.6 Å². The van der Waals surface area contributed by atoms with Crippen LogP contribution in [0.5, 0.6) is 0 Å². The summed E-state index contributed by atoms with van der Waals surface area (Å²) in [5.41, 5.74) is 0.397. The predicted octanol–water partition coefficient (Wildman–Crippen LogP) is 2.48. The SMILES string of the molecule is CO[C@H]1CC(=O)N(C2c3ccnn3CC(C)N2C(=O)Nc2cc(F)c(F)c(F)c2)C1. The van der Waals surface area contributed by atoms with Crippen molar-refractivity contribution in [2.24, 2.45) is 0 Å². The van der Waals surface area contributed by atoms with E-state index in [1.165, 1.54) is 16.9 Å². The fourth-order valence-corrected chi connectivity index (χ4v) is 3.97. The van der Waals surface area contributed by atoms with Crippen molar-refractivity contribution in [3.05, 3.63) is 47.5 Å². The Hall–Kier alpha value is -3.08. The van der Waals surface area contributed by atoms with Crippen LogP contribution in [-0.4, -0.2) is 57.3 Å². The molecule has 8 nitrogen and oxygen atoms in total. The number of amides is 3. The predicted molar refractivity (Wildman–Crippen MR) is 98.7 cm³/mol. The van der Waals surface area contributed by atoms with Crippen LogP contribution >= 0.6 is 0 Å². The van der Waals surface area contributed by atoms with Crippen LogP contribution < -0.4 is 5.32 Å². The fraction of sp³-hybridized carbons (Fsp3) is 0.421. The number of urea groups is 1. The quantitative estimate of drug-likeness (QED) is 0.770. The van der Waals surface area contributed by atoms with E-state index in [9.17, 15) is 22.8 Å². The molecule has 1 saturated heterocycles. The highest BCUT2D eigenvalue weighted by molar-refractivity contribution is 5.90. The second-order valence-electron chi connectivity index (χ2n) is 7.36. The van der Waals surface area contributed by atoms with Gasteiger partial charge in [-0.05, 0) is 13.0 Å². The molecule has 1 fully saturated rings. The van der Waals surface area contributed by atoms with Crippen LogP contribution in [-0.2, 0) is 16.1 Å². The first-order valence-electron chi connectivity index (χ1n) is 9.38. The van der Waals surface area contributed by atoms with Crippen molar-refractivity contribution in [3.63, 3.8) is 0 Å². The maximum atomic E-state index is 13.6. The van der Waals surface area contributed by atoms with Gasteiger partial charge >= 0.3 is 6.03 Å². The van der Waals surface area contributed by atoms with Crippen LogP contribution in [0.3, 0.4) is 0 Å². The van der Waals surface area contributed by atoms with Gasteiger partial charge in [0.2, 0.25) is 5.91 Å². The number of fused-ring (bicyclic) bond motifs is 1. The van der Waals surface area contributed by atoms with E-state index in [0.717, 1.165) is 0 Å². The molecule has 0 saturated carbocycles. The summed E-state index contributed by atoms with van der Waals surface area (Å²) in [6.07, 6.45) is 0.671. The van der Waals surface area contributed by atoms with Crippen molar-refractivity contribution in [2.75, 3.05) is 19.0 Å². The number of anilines is 1. The molecule has 160 valence electrons. The summed E-state index contributed by atoms with van der Waals surface area (Å²) in [6.45, 7) is 2.42. The van der Waals surface area contributed by atoms with Crippen molar-refractivity contribution in [3.8, 4) is 0 Å². The first-order valence-corrected chi connectivity index (χ1v) is 9.38. The number of nitrogens with one attached hydrogen (secondary N) is 1. The largest absolute Gasteiger partial charge is 0.379 e. The molecule has 0 radical (unpaired) electrons. The fourth-order valence-electron chi connectivity index (χ4n) is 3.97. The van der Waals surface area contributed by atoms with Gasteiger partial charge in [0.25, 0.3) is 0 Å². The third kappa shape index (κ3) is 3.38. The first-order chi connectivity index (χ1) is 14.3. The number of hydrogen-bond donors (Lipinski definition) is 1. The minimum atomic E-state index is -1.62. The van der Waals surface area contributed by atoms with Gasteiger partial charge < -0.3 is 15.0 Å². The number of rotatable bonds is 3. The van der Waals surface area contributed by atoms with E-state index in [4.69, 9.17) is 4.74 Å². The van der Waals surface area contributed by atoms with E-state index in [1.54, 1.807) is 23.9 Å². The van der Waals surface area contributed by atoms with Gasteiger partial charge in [-0.25, -0.2) is 18.0 Å². The van der Waals surface area contributed by atoms with Gasteiger partial charge in [0.15, 0.2) is 23.6 Å². The topological polar surface area (TPSA) is 79.7 Å². The number of methoxy groups -OCH3 is 1. The molecule has 2 aliphatic rings. The van der Waals surface area contributed by atoms with Gasteiger partial charge in [0.1, 0.15) is 0 Å². The highest BCUT2D eigenvalue weighted by Gasteiger charge is 2.45. The van der Waals surface area contributed by atoms with Gasteiger partial charge in [-0.1, -0.05) is 0 Å². The van der Waals surface area contributed by atoms with E-state index in [0.29, 0.717) is 24.4 Å².